The van der Waals surface area contributed by atoms with E-state index in [-0.39, 0.29) is 5.78 Å². The van der Waals surface area contributed by atoms with E-state index in [0.717, 1.165) is 5.56 Å². The van der Waals surface area contributed by atoms with Crippen molar-refractivity contribution in [3.8, 4) is 5.75 Å². The molecule has 2 heterocycles. The van der Waals surface area contributed by atoms with Crippen LogP contribution in [0.5, 0.6) is 5.75 Å². The van der Waals surface area contributed by atoms with Crippen LogP contribution >= 0.6 is 22.9 Å². The lowest BCUT2D eigenvalue weighted by Gasteiger charge is -2.04. The second kappa shape index (κ2) is 4.85. The minimum Gasteiger partial charge on any atom is -0.494 e. The normalized spacial score (nSPS) is 10.3. The van der Waals surface area contributed by atoms with Gasteiger partial charge < -0.3 is 4.74 Å². The highest BCUT2D eigenvalue weighted by atomic mass is 35.5. The molecule has 88 valence electrons. The van der Waals surface area contributed by atoms with Crippen molar-refractivity contribution in [2.75, 3.05) is 7.11 Å². The van der Waals surface area contributed by atoms with Crippen LogP contribution in [0.2, 0.25) is 5.02 Å². The number of methoxy groups -OCH3 is 1. The number of hydrogen-bond donors (Lipinski definition) is 0. The fourth-order valence-corrected chi connectivity index (χ4v) is 2.64. The summed E-state index contributed by atoms with van der Waals surface area (Å²) in [6.45, 7) is 1.87. The Labute approximate surface area is 108 Å². The molecule has 2 aromatic rings. The number of aromatic nitrogens is 1. The molecule has 0 aromatic carbocycles. The number of hydrogen-bond acceptors (Lipinski definition) is 4. The lowest BCUT2D eigenvalue weighted by Crippen LogP contribution is -2.05. The maximum Gasteiger partial charge on any atom is 0.226 e. The molecule has 2 rings (SSSR count). The molecule has 0 N–H and O–H groups in total. The van der Waals surface area contributed by atoms with Gasteiger partial charge in [0, 0.05) is 6.20 Å². The summed E-state index contributed by atoms with van der Waals surface area (Å²) in [5, 5.41) is 2.35. The monoisotopic (exact) mass is 267 g/mol. The maximum absolute atomic E-state index is 12.2. The number of rotatable bonds is 3. The Balaban J connectivity index is 2.47. The first-order chi connectivity index (χ1) is 8.15. The largest absolute Gasteiger partial charge is 0.494 e. The number of ketones is 1. The van der Waals surface area contributed by atoms with Gasteiger partial charge in [0.1, 0.15) is 5.75 Å². The van der Waals surface area contributed by atoms with E-state index in [2.05, 4.69) is 4.98 Å². The molecular weight excluding hydrogens is 258 g/mol. The second-order valence-corrected chi connectivity index (χ2v) is 4.70. The van der Waals surface area contributed by atoms with Gasteiger partial charge in [0.25, 0.3) is 0 Å². The Morgan fingerprint density at radius 3 is 2.88 bits per heavy atom. The topological polar surface area (TPSA) is 39.2 Å². The van der Waals surface area contributed by atoms with Crippen LogP contribution in [0.1, 0.15) is 20.9 Å². The van der Waals surface area contributed by atoms with Crippen molar-refractivity contribution in [3.05, 3.63) is 44.9 Å². The third-order valence-electron chi connectivity index (χ3n) is 2.31. The molecule has 0 aliphatic rings. The van der Waals surface area contributed by atoms with Gasteiger partial charge in [-0.1, -0.05) is 11.6 Å². The smallest absolute Gasteiger partial charge is 0.226 e. The number of carbonyl (C=O) groups excluding carboxylic acids is 1. The summed E-state index contributed by atoms with van der Waals surface area (Å²) in [4.78, 5) is 16.8. The van der Waals surface area contributed by atoms with Gasteiger partial charge in [-0.2, -0.15) is 0 Å². The lowest BCUT2D eigenvalue weighted by atomic mass is 10.2. The van der Waals surface area contributed by atoms with E-state index in [9.17, 15) is 4.79 Å². The molecule has 0 aliphatic carbocycles. The van der Waals surface area contributed by atoms with Gasteiger partial charge in [-0.3, -0.25) is 4.79 Å². The molecule has 0 bridgehead atoms. The predicted octanol–water partition coefficient (Wildman–Crippen LogP) is 3.34. The summed E-state index contributed by atoms with van der Waals surface area (Å²) in [5.74, 6) is 0.255. The zero-order valence-corrected chi connectivity index (χ0v) is 10.9. The maximum atomic E-state index is 12.2. The third-order valence-corrected chi connectivity index (χ3v) is 4.01. The summed E-state index contributed by atoms with van der Waals surface area (Å²) in [6, 6.07) is 3.42. The van der Waals surface area contributed by atoms with Crippen LogP contribution in [-0.2, 0) is 0 Å². The number of halogens is 1. The molecule has 0 saturated heterocycles. The molecule has 0 saturated carbocycles. The quantitative estimate of drug-likeness (QED) is 0.801. The van der Waals surface area contributed by atoms with Gasteiger partial charge in [0.05, 0.1) is 17.0 Å². The van der Waals surface area contributed by atoms with Gasteiger partial charge in [0.15, 0.2) is 5.69 Å². The minimum absolute atomic E-state index is 0.203. The Hall–Kier alpha value is -1.39. The van der Waals surface area contributed by atoms with Crippen molar-refractivity contribution >= 4 is 28.7 Å². The average Bonchev–Trinajstić information content (AvgIpc) is 2.69. The van der Waals surface area contributed by atoms with Crippen molar-refractivity contribution in [3.63, 3.8) is 0 Å². The van der Waals surface area contributed by atoms with E-state index in [0.29, 0.717) is 21.3 Å². The third kappa shape index (κ3) is 2.18. The highest BCUT2D eigenvalue weighted by molar-refractivity contribution is 7.13. The fraction of sp³-hybridized carbons (Fsp3) is 0.167. The number of pyridine rings is 1. The highest BCUT2D eigenvalue weighted by Gasteiger charge is 2.20. The molecule has 0 unspecified atom stereocenters. The predicted molar refractivity (Wildman–Crippen MR) is 68.3 cm³/mol. The zero-order chi connectivity index (χ0) is 12.4. The van der Waals surface area contributed by atoms with Crippen LogP contribution in [0.25, 0.3) is 0 Å². The van der Waals surface area contributed by atoms with Gasteiger partial charge in [0.2, 0.25) is 5.78 Å². The molecular formula is C12H10ClNO2S. The van der Waals surface area contributed by atoms with Crippen molar-refractivity contribution < 1.29 is 9.53 Å². The van der Waals surface area contributed by atoms with Crippen molar-refractivity contribution in [2.24, 2.45) is 0 Å². The Morgan fingerprint density at radius 1 is 1.53 bits per heavy atom. The second-order valence-electron chi connectivity index (χ2n) is 3.45. The van der Waals surface area contributed by atoms with E-state index in [1.165, 1.54) is 18.4 Å². The van der Waals surface area contributed by atoms with Crippen molar-refractivity contribution in [1.29, 1.82) is 0 Å². The molecule has 0 aliphatic heterocycles. The summed E-state index contributed by atoms with van der Waals surface area (Å²) in [7, 11) is 1.51. The first kappa shape index (κ1) is 12.1. The number of thiophene rings is 1. The molecule has 17 heavy (non-hydrogen) atoms. The minimum atomic E-state index is -0.203. The lowest BCUT2D eigenvalue weighted by molar-refractivity contribution is 0.103. The molecule has 0 radical (unpaired) electrons. The van der Waals surface area contributed by atoms with Crippen LogP contribution in [0.15, 0.2) is 23.7 Å². The first-order valence-electron chi connectivity index (χ1n) is 4.92. The highest BCUT2D eigenvalue weighted by Crippen LogP contribution is 2.30. The van der Waals surface area contributed by atoms with Gasteiger partial charge >= 0.3 is 0 Å². The van der Waals surface area contributed by atoms with Crippen LogP contribution in [0.4, 0.5) is 0 Å². The van der Waals surface area contributed by atoms with Gasteiger partial charge in [-0.25, -0.2) is 4.98 Å². The summed E-state index contributed by atoms with van der Waals surface area (Å²) >= 11 is 7.39. The fourth-order valence-electron chi connectivity index (χ4n) is 1.42. The van der Waals surface area contributed by atoms with Crippen LogP contribution < -0.4 is 4.74 Å². The molecule has 0 fully saturated rings. The Morgan fingerprint density at radius 2 is 2.29 bits per heavy atom. The zero-order valence-electron chi connectivity index (χ0n) is 9.36. The van der Waals surface area contributed by atoms with E-state index >= 15 is 0 Å². The molecule has 2 aromatic heterocycles. The first-order valence-corrected chi connectivity index (χ1v) is 6.18. The van der Waals surface area contributed by atoms with E-state index in [1.54, 1.807) is 18.3 Å². The SMILES string of the molecule is COc1cccnc1C(=O)c1scc(C)c1Cl. The Kier molecular flexibility index (Phi) is 3.45. The van der Waals surface area contributed by atoms with Crippen molar-refractivity contribution in [1.82, 2.24) is 4.98 Å². The number of aryl methyl sites for hydroxylation is 1. The van der Waals surface area contributed by atoms with Gasteiger partial charge in [-0.05, 0) is 30.0 Å². The van der Waals surface area contributed by atoms with E-state index < -0.39 is 0 Å². The summed E-state index contributed by atoms with van der Waals surface area (Å²) < 4.78 is 5.11. The molecule has 3 nitrogen and oxygen atoms in total. The number of nitrogens with zero attached hydrogens (tertiary/aromatic N) is 1. The summed E-state index contributed by atoms with van der Waals surface area (Å²) in [6.07, 6.45) is 1.56. The van der Waals surface area contributed by atoms with Crippen LogP contribution in [0, 0.1) is 6.92 Å². The van der Waals surface area contributed by atoms with Crippen molar-refractivity contribution in [2.45, 2.75) is 6.92 Å². The number of carbonyl (C=O) groups is 1. The number of ether oxygens (including phenoxy) is 1. The average molecular weight is 268 g/mol. The molecule has 0 spiro atoms. The van der Waals surface area contributed by atoms with Gasteiger partial charge in [-0.15, -0.1) is 11.3 Å². The van der Waals surface area contributed by atoms with E-state index in [1.807, 2.05) is 12.3 Å². The standard InChI is InChI=1S/C12H10ClNO2S/c1-7-6-17-12(9(7)13)11(15)10-8(16-2)4-3-5-14-10/h3-6H,1-2H3. The molecule has 0 atom stereocenters. The Bertz CT molecular complexity index is 565. The van der Waals surface area contributed by atoms with Crippen LogP contribution in [-0.4, -0.2) is 17.9 Å². The van der Waals surface area contributed by atoms with E-state index in [4.69, 9.17) is 16.3 Å². The van der Waals surface area contributed by atoms with Crippen LogP contribution in [0.3, 0.4) is 0 Å². The molecule has 5 heteroatoms. The summed E-state index contributed by atoms with van der Waals surface area (Å²) in [5.41, 5.74) is 1.19. The molecule has 0 amide bonds.